The summed E-state index contributed by atoms with van der Waals surface area (Å²) in [5, 5.41) is 4.17. The van der Waals surface area contributed by atoms with Crippen LogP contribution in [0, 0.1) is 6.92 Å². The Kier molecular flexibility index (Phi) is 3.83. The van der Waals surface area contributed by atoms with Gasteiger partial charge in [0.15, 0.2) is 0 Å². The van der Waals surface area contributed by atoms with Crippen LogP contribution >= 0.6 is 11.3 Å². The van der Waals surface area contributed by atoms with E-state index in [4.69, 9.17) is 4.74 Å². The van der Waals surface area contributed by atoms with Gasteiger partial charge in [0.25, 0.3) is 0 Å². The van der Waals surface area contributed by atoms with Crippen LogP contribution in [0.15, 0.2) is 54.9 Å². The third kappa shape index (κ3) is 3.20. The van der Waals surface area contributed by atoms with E-state index in [9.17, 15) is 4.79 Å². The molecule has 1 aromatic carbocycles. The van der Waals surface area contributed by atoms with Crippen molar-refractivity contribution in [2.75, 3.05) is 0 Å². The Morgan fingerprint density at radius 2 is 2.05 bits per heavy atom. The molecule has 3 aromatic rings. The Labute approximate surface area is 126 Å². The molecule has 0 fully saturated rings. The summed E-state index contributed by atoms with van der Waals surface area (Å²) in [7, 11) is 0. The van der Waals surface area contributed by atoms with E-state index in [0.29, 0.717) is 4.88 Å². The van der Waals surface area contributed by atoms with Crippen LogP contribution in [0.5, 0.6) is 0 Å². The predicted molar refractivity (Wildman–Crippen MR) is 81.7 cm³/mol. The average molecular weight is 298 g/mol. The van der Waals surface area contributed by atoms with Crippen LogP contribution in [0.2, 0.25) is 0 Å². The van der Waals surface area contributed by atoms with Gasteiger partial charge in [-0.05, 0) is 42.8 Å². The number of thiophene rings is 1. The summed E-state index contributed by atoms with van der Waals surface area (Å²) in [5.41, 5.74) is 1.93. The van der Waals surface area contributed by atoms with Crippen LogP contribution in [0.4, 0.5) is 0 Å². The van der Waals surface area contributed by atoms with Crippen LogP contribution < -0.4 is 0 Å². The maximum Gasteiger partial charge on any atom is 0.348 e. The summed E-state index contributed by atoms with van der Waals surface area (Å²) in [6.07, 6.45) is 3.62. The smallest absolute Gasteiger partial charge is 0.348 e. The van der Waals surface area contributed by atoms with E-state index in [1.54, 1.807) is 16.9 Å². The minimum absolute atomic E-state index is 0.273. The second-order valence-corrected chi connectivity index (χ2v) is 5.89. The van der Waals surface area contributed by atoms with Crippen molar-refractivity contribution in [3.05, 3.63) is 70.2 Å². The van der Waals surface area contributed by atoms with Gasteiger partial charge < -0.3 is 4.74 Å². The molecule has 3 rings (SSSR count). The number of esters is 1. The van der Waals surface area contributed by atoms with Gasteiger partial charge in [-0.1, -0.05) is 12.1 Å². The molecule has 0 unspecified atom stereocenters. The van der Waals surface area contributed by atoms with Crippen LogP contribution in [0.25, 0.3) is 5.69 Å². The highest BCUT2D eigenvalue weighted by Gasteiger charge is 2.09. The van der Waals surface area contributed by atoms with Crippen molar-refractivity contribution >= 4 is 17.3 Å². The number of hydrogen-bond donors (Lipinski definition) is 0. The zero-order chi connectivity index (χ0) is 14.7. The fourth-order valence-electron chi connectivity index (χ4n) is 1.93. The molecule has 0 radical (unpaired) electrons. The number of rotatable bonds is 4. The van der Waals surface area contributed by atoms with E-state index in [-0.39, 0.29) is 12.6 Å². The lowest BCUT2D eigenvalue weighted by Gasteiger charge is -2.05. The molecule has 2 aromatic heterocycles. The molecule has 0 atom stereocenters. The van der Waals surface area contributed by atoms with Gasteiger partial charge in [0.2, 0.25) is 0 Å². The molecule has 0 amide bonds. The summed E-state index contributed by atoms with van der Waals surface area (Å²) < 4.78 is 7.09. The van der Waals surface area contributed by atoms with Crippen molar-refractivity contribution in [2.24, 2.45) is 0 Å². The lowest BCUT2D eigenvalue weighted by molar-refractivity contribution is 0.0478. The first-order valence-electron chi connectivity index (χ1n) is 6.55. The SMILES string of the molecule is Cc1ccc(C(=O)OCc2ccc(-n3cccn3)cc2)s1. The second-order valence-electron chi connectivity index (χ2n) is 4.60. The van der Waals surface area contributed by atoms with Crippen molar-refractivity contribution in [1.29, 1.82) is 0 Å². The van der Waals surface area contributed by atoms with Gasteiger partial charge in [0.05, 0.1) is 5.69 Å². The molecule has 0 saturated carbocycles. The molecule has 106 valence electrons. The number of aryl methyl sites for hydroxylation is 1. The van der Waals surface area contributed by atoms with Crippen LogP contribution in [-0.4, -0.2) is 15.7 Å². The molecule has 0 bridgehead atoms. The normalized spacial score (nSPS) is 10.5. The maximum atomic E-state index is 11.9. The van der Waals surface area contributed by atoms with E-state index in [2.05, 4.69) is 5.10 Å². The first kappa shape index (κ1) is 13.6. The number of nitrogens with zero attached hydrogens (tertiary/aromatic N) is 2. The van der Waals surface area contributed by atoms with Gasteiger partial charge >= 0.3 is 5.97 Å². The average Bonchev–Trinajstić information content (AvgIpc) is 3.16. The molecule has 0 saturated heterocycles. The summed E-state index contributed by atoms with van der Waals surface area (Å²) in [6, 6.07) is 13.4. The van der Waals surface area contributed by atoms with Gasteiger partial charge in [-0.25, -0.2) is 9.48 Å². The number of ether oxygens (including phenoxy) is 1. The van der Waals surface area contributed by atoms with E-state index in [0.717, 1.165) is 16.1 Å². The molecule has 21 heavy (non-hydrogen) atoms. The zero-order valence-corrected chi connectivity index (χ0v) is 12.3. The predicted octanol–water partition coefficient (Wildman–Crippen LogP) is 3.60. The largest absolute Gasteiger partial charge is 0.457 e. The third-order valence-electron chi connectivity index (χ3n) is 3.02. The molecule has 0 aliphatic rings. The summed E-state index contributed by atoms with van der Waals surface area (Å²) in [4.78, 5) is 13.6. The monoisotopic (exact) mass is 298 g/mol. The van der Waals surface area contributed by atoms with E-state index in [1.165, 1.54) is 11.3 Å². The van der Waals surface area contributed by atoms with Crippen LogP contribution in [0.3, 0.4) is 0 Å². The highest BCUT2D eigenvalue weighted by Crippen LogP contribution is 2.17. The van der Waals surface area contributed by atoms with Crippen molar-refractivity contribution in [3.63, 3.8) is 0 Å². The summed E-state index contributed by atoms with van der Waals surface area (Å²) in [5.74, 6) is -0.274. The number of hydrogen-bond acceptors (Lipinski definition) is 4. The van der Waals surface area contributed by atoms with E-state index >= 15 is 0 Å². The fourth-order valence-corrected chi connectivity index (χ4v) is 2.69. The molecule has 0 N–H and O–H groups in total. The second kappa shape index (κ2) is 5.93. The number of benzene rings is 1. The molecule has 0 aliphatic heterocycles. The molecule has 2 heterocycles. The Balaban J connectivity index is 1.62. The number of carbonyl (C=O) groups excluding carboxylic acids is 1. The van der Waals surface area contributed by atoms with Gasteiger partial charge in [0.1, 0.15) is 11.5 Å². The number of aromatic nitrogens is 2. The number of carbonyl (C=O) groups is 1. The molecule has 0 aliphatic carbocycles. The van der Waals surface area contributed by atoms with Crippen molar-refractivity contribution in [3.8, 4) is 5.69 Å². The zero-order valence-electron chi connectivity index (χ0n) is 11.5. The molecule has 5 heteroatoms. The highest BCUT2D eigenvalue weighted by molar-refractivity contribution is 7.13. The topological polar surface area (TPSA) is 44.1 Å². The third-order valence-corrected chi connectivity index (χ3v) is 4.00. The quantitative estimate of drug-likeness (QED) is 0.691. The minimum atomic E-state index is -0.274. The minimum Gasteiger partial charge on any atom is -0.457 e. The van der Waals surface area contributed by atoms with E-state index in [1.807, 2.05) is 49.5 Å². The first-order chi connectivity index (χ1) is 10.2. The van der Waals surface area contributed by atoms with Gasteiger partial charge in [0, 0.05) is 17.3 Å². The highest BCUT2D eigenvalue weighted by atomic mass is 32.1. The summed E-state index contributed by atoms with van der Waals surface area (Å²) in [6.45, 7) is 2.24. The summed E-state index contributed by atoms with van der Waals surface area (Å²) >= 11 is 1.45. The molecular weight excluding hydrogens is 284 g/mol. The lowest BCUT2D eigenvalue weighted by Crippen LogP contribution is -2.03. The molecular formula is C16H14N2O2S. The van der Waals surface area contributed by atoms with Gasteiger partial charge in [-0.15, -0.1) is 11.3 Å². The Morgan fingerprint density at radius 1 is 1.24 bits per heavy atom. The Bertz CT molecular complexity index is 730. The Hall–Kier alpha value is -2.40. The van der Waals surface area contributed by atoms with Crippen molar-refractivity contribution in [2.45, 2.75) is 13.5 Å². The maximum absolute atomic E-state index is 11.9. The van der Waals surface area contributed by atoms with Crippen LogP contribution in [-0.2, 0) is 11.3 Å². The van der Waals surface area contributed by atoms with Gasteiger partial charge in [-0.3, -0.25) is 0 Å². The molecule has 4 nitrogen and oxygen atoms in total. The fraction of sp³-hybridized carbons (Fsp3) is 0.125. The first-order valence-corrected chi connectivity index (χ1v) is 7.36. The van der Waals surface area contributed by atoms with Crippen molar-refractivity contribution < 1.29 is 9.53 Å². The van der Waals surface area contributed by atoms with Crippen LogP contribution in [0.1, 0.15) is 20.1 Å². The standard InChI is InChI=1S/C16H14N2O2S/c1-12-3-8-15(21-12)16(19)20-11-13-4-6-14(7-5-13)18-10-2-9-17-18/h2-10H,11H2,1H3. The lowest BCUT2D eigenvalue weighted by atomic mass is 10.2. The molecule has 0 spiro atoms. The Morgan fingerprint density at radius 3 is 2.67 bits per heavy atom. The van der Waals surface area contributed by atoms with Gasteiger partial charge in [-0.2, -0.15) is 5.10 Å². The van der Waals surface area contributed by atoms with Crippen molar-refractivity contribution in [1.82, 2.24) is 9.78 Å². The van der Waals surface area contributed by atoms with E-state index < -0.39 is 0 Å².